The standard InChI is InChI=1S/C20H16ClF3N4O3S/c1-31-17(30)10-25-16(29)11-32-19-27-26-18(12-5-4-6-13(21)9-12)28(19)15-8-3-2-7-14(15)20(22,23)24/h2-9H,10-11H2,1H3,(H,25,29). The number of benzene rings is 2. The van der Waals surface area contributed by atoms with Crippen molar-refractivity contribution in [2.24, 2.45) is 0 Å². The van der Waals surface area contributed by atoms with Crippen LogP contribution in [-0.4, -0.2) is 46.0 Å². The number of aromatic nitrogens is 3. The molecule has 0 bridgehead atoms. The van der Waals surface area contributed by atoms with Gasteiger partial charge in [-0.15, -0.1) is 10.2 Å². The number of carbonyl (C=O) groups is 2. The molecule has 3 rings (SSSR count). The van der Waals surface area contributed by atoms with Crippen molar-refractivity contribution in [2.45, 2.75) is 11.3 Å². The van der Waals surface area contributed by atoms with Gasteiger partial charge in [-0.1, -0.05) is 47.6 Å². The van der Waals surface area contributed by atoms with Crippen LogP contribution in [0.15, 0.2) is 53.7 Å². The minimum absolute atomic E-state index is 0.0601. The summed E-state index contributed by atoms with van der Waals surface area (Å²) in [6.45, 7) is -0.326. The third-order valence-corrected chi connectivity index (χ3v) is 5.32. The number of para-hydroxylation sites is 1. The van der Waals surface area contributed by atoms with E-state index in [0.29, 0.717) is 10.6 Å². The van der Waals surface area contributed by atoms with Gasteiger partial charge in [0.1, 0.15) is 6.54 Å². The lowest BCUT2D eigenvalue weighted by molar-refractivity contribution is -0.141. The second kappa shape index (κ2) is 10.0. The first-order chi connectivity index (χ1) is 15.2. The van der Waals surface area contributed by atoms with Gasteiger partial charge in [-0.3, -0.25) is 14.2 Å². The smallest absolute Gasteiger partial charge is 0.418 e. The lowest BCUT2D eigenvalue weighted by Gasteiger charge is -2.16. The van der Waals surface area contributed by atoms with Crippen LogP contribution < -0.4 is 5.32 Å². The second-order valence-corrected chi connectivity index (χ2v) is 7.69. The number of carbonyl (C=O) groups excluding carboxylic acids is 2. The number of esters is 1. The summed E-state index contributed by atoms with van der Waals surface area (Å²) >= 11 is 6.92. The maximum absolute atomic E-state index is 13.7. The molecule has 0 unspecified atom stereocenters. The van der Waals surface area contributed by atoms with Crippen molar-refractivity contribution in [3.63, 3.8) is 0 Å². The number of rotatable bonds is 7. The molecule has 0 saturated heterocycles. The SMILES string of the molecule is COC(=O)CNC(=O)CSc1nnc(-c2cccc(Cl)c2)n1-c1ccccc1C(F)(F)F. The molecule has 2 aromatic carbocycles. The van der Waals surface area contributed by atoms with Crippen LogP contribution >= 0.6 is 23.4 Å². The molecule has 0 aliphatic rings. The molecule has 7 nitrogen and oxygen atoms in total. The summed E-state index contributed by atoms with van der Waals surface area (Å²) in [5.41, 5.74) is -0.638. The molecule has 168 valence electrons. The normalized spacial score (nSPS) is 11.3. The number of nitrogens with zero attached hydrogens (tertiary/aromatic N) is 3. The summed E-state index contributed by atoms with van der Waals surface area (Å²) in [6.07, 6.45) is -4.63. The summed E-state index contributed by atoms with van der Waals surface area (Å²) in [7, 11) is 1.18. The minimum atomic E-state index is -4.63. The van der Waals surface area contributed by atoms with Crippen molar-refractivity contribution in [3.05, 3.63) is 59.1 Å². The number of thioether (sulfide) groups is 1. The number of hydrogen-bond donors (Lipinski definition) is 1. The average molecular weight is 485 g/mol. The Kier molecular flexibility index (Phi) is 7.41. The Hall–Kier alpha value is -3.05. The van der Waals surface area contributed by atoms with E-state index in [-0.39, 0.29) is 29.0 Å². The highest BCUT2D eigenvalue weighted by Crippen LogP contribution is 2.37. The van der Waals surface area contributed by atoms with E-state index in [1.807, 2.05) is 0 Å². The zero-order valence-electron chi connectivity index (χ0n) is 16.5. The van der Waals surface area contributed by atoms with Crippen LogP contribution in [0.3, 0.4) is 0 Å². The monoisotopic (exact) mass is 484 g/mol. The highest BCUT2D eigenvalue weighted by molar-refractivity contribution is 7.99. The predicted octanol–water partition coefficient (Wildman–Crippen LogP) is 3.99. The molecule has 3 aromatic rings. The van der Waals surface area contributed by atoms with Gasteiger partial charge >= 0.3 is 12.1 Å². The highest BCUT2D eigenvalue weighted by atomic mass is 35.5. The Morgan fingerprint density at radius 2 is 1.91 bits per heavy atom. The van der Waals surface area contributed by atoms with E-state index in [0.717, 1.165) is 17.8 Å². The Balaban J connectivity index is 2.01. The molecular weight excluding hydrogens is 469 g/mol. The summed E-state index contributed by atoms with van der Waals surface area (Å²) in [6, 6.07) is 11.4. The van der Waals surface area contributed by atoms with E-state index < -0.39 is 23.6 Å². The van der Waals surface area contributed by atoms with Gasteiger partial charge in [0.15, 0.2) is 11.0 Å². The fourth-order valence-corrected chi connectivity index (χ4v) is 3.69. The van der Waals surface area contributed by atoms with Gasteiger partial charge in [0.25, 0.3) is 0 Å². The Morgan fingerprint density at radius 3 is 2.59 bits per heavy atom. The van der Waals surface area contributed by atoms with Crippen LogP contribution in [0.1, 0.15) is 5.56 Å². The molecule has 1 N–H and O–H groups in total. The molecule has 0 aliphatic carbocycles. The van der Waals surface area contributed by atoms with Crippen LogP contribution in [0.25, 0.3) is 17.1 Å². The molecule has 1 amide bonds. The van der Waals surface area contributed by atoms with Crippen molar-refractivity contribution >= 4 is 35.2 Å². The van der Waals surface area contributed by atoms with Gasteiger partial charge in [0, 0.05) is 10.6 Å². The van der Waals surface area contributed by atoms with Crippen LogP contribution in [0, 0.1) is 0 Å². The van der Waals surface area contributed by atoms with Crippen LogP contribution in [0.5, 0.6) is 0 Å². The first-order valence-electron chi connectivity index (χ1n) is 9.05. The minimum Gasteiger partial charge on any atom is -0.468 e. The second-order valence-electron chi connectivity index (χ2n) is 6.31. The molecule has 32 heavy (non-hydrogen) atoms. The van der Waals surface area contributed by atoms with E-state index in [2.05, 4.69) is 20.3 Å². The average Bonchev–Trinajstić information content (AvgIpc) is 3.19. The molecule has 0 spiro atoms. The number of methoxy groups -OCH3 is 1. The molecule has 1 heterocycles. The summed E-state index contributed by atoms with van der Waals surface area (Å²) in [4.78, 5) is 23.2. The topological polar surface area (TPSA) is 86.1 Å². The van der Waals surface area contributed by atoms with E-state index in [1.165, 1.54) is 29.9 Å². The molecule has 0 atom stereocenters. The molecular formula is C20H16ClF3N4O3S. The van der Waals surface area contributed by atoms with Gasteiger partial charge in [-0.05, 0) is 24.3 Å². The van der Waals surface area contributed by atoms with Gasteiger partial charge in [-0.25, -0.2) is 0 Å². The molecule has 1 aromatic heterocycles. The maximum Gasteiger partial charge on any atom is 0.418 e. The van der Waals surface area contributed by atoms with Gasteiger partial charge in [0.2, 0.25) is 5.91 Å². The Morgan fingerprint density at radius 1 is 1.16 bits per heavy atom. The number of nitrogens with one attached hydrogen (secondary N) is 1. The van der Waals surface area contributed by atoms with Crippen molar-refractivity contribution in [3.8, 4) is 17.1 Å². The van der Waals surface area contributed by atoms with Crippen LogP contribution in [0.2, 0.25) is 5.02 Å². The van der Waals surface area contributed by atoms with Crippen molar-refractivity contribution in [1.82, 2.24) is 20.1 Å². The van der Waals surface area contributed by atoms with Gasteiger partial charge in [-0.2, -0.15) is 13.2 Å². The molecule has 0 aliphatic heterocycles. The van der Waals surface area contributed by atoms with Crippen molar-refractivity contribution < 1.29 is 27.5 Å². The number of hydrogen-bond acceptors (Lipinski definition) is 6. The van der Waals surface area contributed by atoms with E-state index in [1.54, 1.807) is 24.3 Å². The molecule has 0 saturated carbocycles. The van der Waals surface area contributed by atoms with E-state index in [4.69, 9.17) is 11.6 Å². The Bertz CT molecular complexity index is 1140. The van der Waals surface area contributed by atoms with Crippen LogP contribution in [-0.2, 0) is 20.5 Å². The lowest BCUT2D eigenvalue weighted by atomic mass is 10.1. The zero-order chi connectivity index (χ0) is 23.3. The largest absolute Gasteiger partial charge is 0.468 e. The Labute approximate surface area is 189 Å². The predicted molar refractivity (Wildman–Crippen MR) is 113 cm³/mol. The fourth-order valence-electron chi connectivity index (χ4n) is 2.73. The number of ether oxygens (including phenoxy) is 1. The van der Waals surface area contributed by atoms with Crippen LogP contribution in [0.4, 0.5) is 13.2 Å². The van der Waals surface area contributed by atoms with Crippen molar-refractivity contribution in [1.29, 1.82) is 0 Å². The third-order valence-electron chi connectivity index (χ3n) is 4.16. The summed E-state index contributed by atoms with van der Waals surface area (Å²) < 4.78 is 46.8. The molecule has 0 fully saturated rings. The van der Waals surface area contributed by atoms with Gasteiger partial charge in [0.05, 0.1) is 24.1 Å². The van der Waals surface area contributed by atoms with E-state index in [9.17, 15) is 22.8 Å². The first-order valence-corrected chi connectivity index (χ1v) is 10.4. The number of amides is 1. The lowest BCUT2D eigenvalue weighted by Crippen LogP contribution is -2.31. The maximum atomic E-state index is 13.7. The van der Waals surface area contributed by atoms with E-state index >= 15 is 0 Å². The zero-order valence-corrected chi connectivity index (χ0v) is 18.1. The summed E-state index contributed by atoms with van der Waals surface area (Å²) in [5, 5.41) is 10.8. The number of alkyl halides is 3. The molecule has 12 heteroatoms. The molecule has 0 radical (unpaired) electrons. The number of halogens is 4. The van der Waals surface area contributed by atoms with Gasteiger partial charge < -0.3 is 10.1 Å². The third kappa shape index (κ3) is 5.60. The fraction of sp³-hybridized carbons (Fsp3) is 0.200. The first kappa shape index (κ1) is 23.6. The quantitative estimate of drug-likeness (QED) is 0.403. The highest BCUT2D eigenvalue weighted by Gasteiger charge is 2.35. The van der Waals surface area contributed by atoms with Crippen molar-refractivity contribution in [2.75, 3.05) is 19.4 Å². The summed E-state index contributed by atoms with van der Waals surface area (Å²) in [5.74, 6) is -1.24.